The first-order chi connectivity index (χ1) is 50.3. The number of halogens is 3. The smallest absolute Gasteiger partial charge is 0.268 e. The standard InChI is InChI=1S/C19H17FN2O.C18H17FN2O.C17H15ClN2O.C16H16N2O2.C14H12N2OS/c20-15-7-4-8-16-14(15)11-17(21-16)19(23)22-18(13-9-10-13)12-5-2-1-3-6-12;1-11-6-7-16-14(8-11)10-17(21-16)18(22)20-12(2)13-4-3-5-15(19)9-13;1-11(12-6-4-7-14(18)9-12)19-17(21)16-10-13-5-2-3-8-15(13)20-16;1-10-7-8-15(20-10)11(2)17-16(19)14-9-12-5-3-4-6-13(12)18-14;17-14(15-9-11-5-3-7-18-11)13-8-10-4-1-2-6-12(10)16-13/h1-8,11,13,18,21H,9-10H2,(H,22,23);3-10,12,21H,1-2H3,(H,20,22);2-11,20H,1H3,(H,19,21);3-9,11,18H,1-2H3,(H,17,19);1-8,16H,9H2,(H,15,17). The van der Waals surface area contributed by atoms with Crippen LogP contribution in [0.1, 0.15) is 149 Å². The average Bonchev–Trinajstić information content (AvgIpc) is 2.21. The number of furan rings is 1. The van der Waals surface area contributed by atoms with E-state index < -0.39 is 0 Å². The molecule has 0 spiro atoms. The molecule has 7 aromatic heterocycles. The Morgan fingerprint density at radius 2 is 0.933 bits per heavy atom. The van der Waals surface area contributed by atoms with Crippen LogP contribution in [0, 0.1) is 31.4 Å². The minimum absolute atomic E-state index is 0.0139. The Morgan fingerprint density at radius 1 is 0.452 bits per heavy atom. The van der Waals surface area contributed by atoms with Crippen LogP contribution in [-0.2, 0) is 6.54 Å². The molecule has 4 atom stereocenters. The lowest BCUT2D eigenvalue weighted by Crippen LogP contribution is -2.30. The Morgan fingerprint density at radius 3 is 1.46 bits per heavy atom. The van der Waals surface area contributed by atoms with Crippen LogP contribution in [0.4, 0.5) is 8.78 Å². The molecule has 1 fully saturated rings. The van der Waals surface area contributed by atoms with Gasteiger partial charge in [-0.2, -0.15) is 0 Å². The topological polar surface area (TPSA) is 238 Å². The van der Waals surface area contributed by atoms with E-state index in [0.717, 1.165) is 95.1 Å². The van der Waals surface area contributed by atoms with Gasteiger partial charge in [-0.25, -0.2) is 8.78 Å². The first kappa shape index (κ1) is 71.8. The quantitative estimate of drug-likeness (QED) is 0.0451. The fourth-order valence-electron chi connectivity index (χ4n) is 12.0. The third-order valence-corrected chi connectivity index (χ3v) is 18.8. The maximum absolute atomic E-state index is 13.8. The second-order valence-electron chi connectivity index (χ2n) is 25.6. The van der Waals surface area contributed by atoms with Crippen LogP contribution in [0.5, 0.6) is 0 Å². The number of aromatic nitrogens is 5. The minimum Gasteiger partial charge on any atom is -0.464 e. The number of benzene rings is 8. The summed E-state index contributed by atoms with van der Waals surface area (Å²) in [6.45, 7) is 10.1. The van der Waals surface area contributed by atoms with Gasteiger partial charge >= 0.3 is 0 Å². The molecule has 1 aliphatic carbocycles. The molecule has 7 heterocycles. The van der Waals surface area contributed by atoms with Crippen molar-refractivity contribution in [3.63, 3.8) is 0 Å². The summed E-state index contributed by atoms with van der Waals surface area (Å²) in [4.78, 5) is 78.0. The number of thiophene rings is 1. The van der Waals surface area contributed by atoms with Gasteiger partial charge in [-0.3, -0.25) is 24.0 Å². The molecule has 20 heteroatoms. The number of fused-ring (bicyclic) bond motifs is 5. The predicted octanol–water partition coefficient (Wildman–Crippen LogP) is 19.3. The van der Waals surface area contributed by atoms with Crippen molar-refractivity contribution < 1.29 is 37.2 Å². The summed E-state index contributed by atoms with van der Waals surface area (Å²) in [5, 5.41) is 22.0. The summed E-state index contributed by atoms with van der Waals surface area (Å²) in [5.41, 5.74) is 11.1. The minimum atomic E-state index is -0.320. The van der Waals surface area contributed by atoms with E-state index in [-0.39, 0.29) is 65.3 Å². The number of rotatable bonds is 16. The van der Waals surface area contributed by atoms with E-state index in [1.807, 2.05) is 234 Å². The van der Waals surface area contributed by atoms with Crippen LogP contribution in [0.3, 0.4) is 0 Å². The van der Waals surface area contributed by atoms with E-state index in [1.54, 1.807) is 41.7 Å². The first-order valence-electron chi connectivity index (χ1n) is 34.1. The Bertz CT molecular complexity index is 5380. The van der Waals surface area contributed by atoms with Crippen molar-refractivity contribution in [1.29, 1.82) is 0 Å². The molecule has 16 rings (SSSR count). The summed E-state index contributed by atoms with van der Waals surface area (Å²) in [7, 11) is 0. The molecule has 16 nitrogen and oxygen atoms in total. The van der Waals surface area contributed by atoms with Gasteiger partial charge in [-0.15, -0.1) is 11.3 Å². The predicted molar refractivity (Wildman–Crippen MR) is 410 cm³/mol. The van der Waals surface area contributed by atoms with Gasteiger partial charge < -0.3 is 55.9 Å². The highest BCUT2D eigenvalue weighted by Gasteiger charge is 2.34. The molecule has 8 aromatic carbocycles. The second kappa shape index (κ2) is 33.2. The van der Waals surface area contributed by atoms with Crippen molar-refractivity contribution in [2.45, 2.75) is 78.2 Å². The van der Waals surface area contributed by atoms with E-state index >= 15 is 0 Å². The highest BCUT2D eigenvalue weighted by Crippen LogP contribution is 2.41. The number of hydrogen-bond donors (Lipinski definition) is 10. The van der Waals surface area contributed by atoms with Gasteiger partial charge in [-0.05, 0) is 191 Å². The molecule has 15 aromatic rings. The monoisotopic (exact) mass is 1430 g/mol. The van der Waals surface area contributed by atoms with Crippen LogP contribution in [0.15, 0.2) is 252 Å². The third kappa shape index (κ3) is 18.5. The number of carbonyl (C=O) groups is 5. The number of aromatic amines is 5. The summed E-state index contributed by atoms with van der Waals surface area (Å²) in [5.74, 6) is 0.730. The largest absolute Gasteiger partial charge is 0.464 e. The van der Waals surface area contributed by atoms with E-state index in [0.29, 0.717) is 56.9 Å². The number of H-pyrrole nitrogens is 5. The fraction of sp³-hybridized carbons (Fsp3) is 0.155. The average molecular weight is 1430 g/mol. The van der Waals surface area contributed by atoms with Crippen molar-refractivity contribution in [3.05, 3.63) is 332 Å². The number of nitrogens with one attached hydrogen (secondary N) is 10. The second-order valence-corrected chi connectivity index (χ2v) is 27.0. The van der Waals surface area contributed by atoms with Crippen molar-refractivity contribution in [2.24, 2.45) is 5.92 Å². The molecule has 526 valence electrons. The molecular weight excluding hydrogens is 1350 g/mol. The van der Waals surface area contributed by atoms with Crippen molar-refractivity contribution in [3.8, 4) is 0 Å². The van der Waals surface area contributed by atoms with Crippen molar-refractivity contribution >= 4 is 107 Å². The summed E-state index contributed by atoms with van der Waals surface area (Å²) >= 11 is 7.62. The van der Waals surface area contributed by atoms with Gasteiger partial charge in [0.15, 0.2) is 0 Å². The van der Waals surface area contributed by atoms with E-state index in [4.69, 9.17) is 16.0 Å². The molecule has 1 saturated carbocycles. The van der Waals surface area contributed by atoms with Gasteiger partial charge in [0.2, 0.25) is 0 Å². The maximum atomic E-state index is 13.8. The molecule has 0 saturated heterocycles. The number of para-hydroxylation sites is 3. The van der Waals surface area contributed by atoms with Gasteiger partial charge in [-0.1, -0.05) is 145 Å². The highest BCUT2D eigenvalue weighted by molar-refractivity contribution is 7.09. The van der Waals surface area contributed by atoms with E-state index in [9.17, 15) is 32.8 Å². The third-order valence-electron chi connectivity index (χ3n) is 17.7. The molecule has 0 radical (unpaired) electrons. The van der Waals surface area contributed by atoms with Crippen molar-refractivity contribution in [1.82, 2.24) is 51.5 Å². The Balaban J connectivity index is 0.000000123. The van der Waals surface area contributed by atoms with Gasteiger partial charge in [0.05, 0.1) is 30.7 Å². The number of amides is 5. The lowest BCUT2D eigenvalue weighted by Gasteiger charge is -2.18. The van der Waals surface area contributed by atoms with E-state index in [2.05, 4.69) is 51.5 Å². The van der Waals surface area contributed by atoms with Crippen LogP contribution in [0.25, 0.3) is 54.5 Å². The zero-order valence-corrected chi connectivity index (χ0v) is 59.2. The number of carbonyl (C=O) groups excluding carboxylic acids is 5. The van der Waals surface area contributed by atoms with Crippen molar-refractivity contribution in [2.75, 3.05) is 0 Å². The molecule has 5 amide bonds. The van der Waals surface area contributed by atoms with Gasteiger partial charge in [0.25, 0.3) is 29.5 Å². The normalized spacial score (nSPS) is 12.8. The first-order valence-corrected chi connectivity index (χ1v) is 35.4. The molecular formula is C84H77ClF2N10O6S. The lowest BCUT2D eigenvalue weighted by molar-refractivity contribution is 0.0920. The molecule has 0 bridgehead atoms. The molecule has 4 unspecified atom stereocenters. The SMILES string of the molecule is CC(NC(=O)c1cc2ccccc2[nH]1)c1cccc(Cl)c1.Cc1ccc(C(C)NC(=O)c2cc3ccccc3[nH]2)o1.Cc1ccc2[nH]c(C(=O)NC(C)c3cccc(F)c3)cc2c1.O=C(NC(c1ccccc1)C1CC1)c1cc2c(F)cccc2[nH]1.O=C(NCc1cccs1)c1cc2ccccc2[nH]1. The zero-order valence-electron chi connectivity index (χ0n) is 57.7. The van der Waals surface area contributed by atoms with Crippen LogP contribution >= 0.6 is 22.9 Å². The fourth-order valence-corrected chi connectivity index (χ4v) is 12.8. The van der Waals surface area contributed by atoms with Crippen LogP contribution in [-0.4, -0.2) is 54.5 Å². The highest BCUT2D eigenvalue weighted by atomic mass is 35.5. The van der Waals surface area contributed by atoms with Crippen LogP contribution < -0.4 is 26.6 Å². The number of hydrogen-bond acceptors (Lipinski definition) is 7. The lowest BCUT2D eigenvalue weighted by atomic mass is 10.0. The maximum Gasteiger partial charge on any atom is 0.268 e. The molecule has 10 N–H and O–H groups in total. The summed E-state index contributed by atoms with van der Waals surface area (Å²) in [6, 6.07) is 74.2. The van der Waals surface area contributed by atoms with Crippen LogP contribution in [0.2, 0.25) is 5.02 Å². The number of aryl methyl sites for hydroxylation is 2. The van der Waals surface area contributed by atoms with Gasteiger partial charge in [0, 0.05) is 64.4 Å². The molecule has 0 aliphatic heterocycles. The zero-order chi connectivity index (χ0) is 72.8. The van der Waals surface area contributed by atoms with E-state index in [1.165, 1.54) is 18.2 Å². The molecule has 1 aliphatic rings. The Labute approximate surface area is 608 Å². The Hall–Kier alpha value is -12.1. The van der Waals surface area contributed by atoms with Gasteiger partial charge in [0.1, 0.15) is 51.6 Å². The summed E-state index contributed by atoms with van der Waals surface area (Å²) < 4.78 is 32.5. The summed E-state index contributed by atoms with van der Waals surface area (Å²) in [6.07, 6.45) is 2.25. The molecule has 104 heavy (non-hydrogen) atoms. The Kier molecular flexibility index (Phi) is 22.9.